The number of nitrogens with one attached hydrogen (secondary N) is 3. The summed E-state index contributed by atoms with van der Waals surface area (Å²) >= 11 is 0. The molecule has 1 aliphatic heterocycles. The predicted molar refractivity (Wildman–Crippen MR) is 127 cm³/mol. The van der Waals surface area contributed by atoms with Gasteiger partial charge in [-0.3, -0.25) is 14.3 Å². The van der Waals surface area contributed by atoms with Crippen molar-refractivity contribution in [3.8, 4) is 5.75 Å². The maximum atomic E-state index is 13.4. The quantitative estimate of drug-likeness (QED) is 0.439. The lowest BCUT2D eigenvalue weighted by Gasteiger charge is -2.21. The van der Waals surface area contributed by atoms with E-state index in [-0.39, 0.29) is 30.7 Å². The Bertz CT molecular complexity index is 1380. The molecule has 0 radical (unpaired) electrons. The Hall–Kier alpha value is -3.19. The highest BCUT2D eigenvalue weighted by Gasteiger charge is 2.61. The van der Waals surface area contributed by atoms with Gasteiger partial charge in [0.1, 0.15) is 23.1 Å². The van der Waals surface area contributed by atoms with Gasteiger partial charge in [-0.25, -0.2) is 13.4 Å². The van der Waals surface area contributed by atoms with E-state index in [2.05, 4.69) is 26.9 Å². The Morgan fingerprint density at radius 2 is 1.97 bits per heavy atom. The second kappa shape index (κ2) is 8.98. The van der Waals surface area contributed by atoms with Crippen molar-refractivity contribution in [2.45, 2.75) is 54.8 Å². The first kappa shape index (κ1) is 25.5. The molecule has 2 aliphatic carbocycles. The average molecular weight is 539 g/mol. The molecule has 1 unspecified atom stereocenters. The highest BCUT2D eigenvalue weighted by atomic mass is 32.2. The predicted octanol–water partition coefficient (Wildman–Crippen LogP) is 2.03. The fraction of sp³-hybridized carbons (Fsp3) is 0.458. The molecule has 3 fully saturated rings. The number of carbonyl (C=O) groups is 2. The first-order valence-corrected chi connectivity index (χ1v) is 13.4. The number of carbonyl (C=O) groups excluding carboxylic acids is 2. The summed E-state index contributed by atoms with van der Waals surface area (Å²) in [7, 11) is -3.80. The molecule has 3 N–H and O–H groups in total. The summed E-state index contributed by atoms with van der Waals surface area (Å²) in [4.78, 5) is 29.5. The van der Waals surface area contributed by atoms with Gasteiger partial charge in [-0.2, -0.15) is 13.2 Å². The van der Waals surface area contributed by atoms with Crippen LogP contribution in [0.15, 0.2) is 43.0 Å². The molecule has 0 bridgehead atoms. The fourth-order valence-electron chi connectivity index (χ4n) is 4.58. The summed E-state index contributed by atoms with van der Waals surface area (Å²) in [5, 5.41) is 5.45. The summed E-state index contributed by atoms with van der Waals surface area (Å²) in [5.74, 6) is -1.76. The van der Waals surface area contributed by atoms with Gasteiger partial charge in [0.25, 0.3) is 5.91 Å². The van der Waals surface area contributed by atoms with E-state index in [1.807, 2.05) is 0 Å². The number of fused-ring (bicyclic) bond motifs is 1. The van der Waals surface area contributed by atoms with Crippen molar-refractivity contribution >= 4 is 32.7 Å². The molecule has 1 aromatic carbocycles. The number of hydrogen-bond acceptors (Lipinski definition) is 7. The fourth-order valence-corrected chi connectivity index (χ4v) is 5.95. The Morgan fingerprint density at radius 1 is 1.24 bits per heavy atom. The normalized spacial score (nSPS) is 27.5. The van der Waals surface area contributed by atoms with Crippen LogP contribution in [0, 0.1) is 5.92 Å². The van der Waals surface area contributed by atoms with Gasteiger partial charge in [0.2, 0.25) is 15.9 Å². The van der Waals surface area contributed by atoms with E-state index in [0.717, 1.165) is 6.07 Å². The summed E-state index contributed by atoms with van der Waals surface area (Å²) in [5.41, 5.74) is -2.37. The van der Waals surface area contributed by atoms with Crippen molar-refractivity contribution in [2.24, 2.45) is 5.92 Å². The number of halogens is 3. The van der Waals surface area contributed by atoms with Crippen molar-refractivity contribution in [1.29, 1.82) is 0 Å². The highest BCUT2D eigenvalue weighted by Crippen LogP contribution is 2.45. The molecule has 198 valence electrons. The van der Waals surface area contributed by atoms with Crippen LogP contribution in [0.2, 0.25) is 0 Å². The molecule has 0 spiro atoms. The molecule has 1 aromatic heterocycles. The van der Waals surface area contributed by atoms with Crippen LogP contribution >= 0.6 is 0 Å². The number of ether oxygens (including phenoxy) is 1. The highest BCUT2D eigenvalue weighted by molar-refractivity contribution is 7.91. The first-order chi connectivity index (χ1) is 17.4. The molecule has 2 heterocycles. The lowest BCUT2D eigenvalue weighted by atomic mass is 10.1. The molecule has 3 aliphatic rings. The van der Waals surface area contributed by atoms with Crippen molar-refractivity contribution in [3.05, 3.63) is 48.7 Å². The topological polar surface area (TPSA) is 126 Å². The van der Waals surface area contributed by atoms with E-state index in [9.17, 15) is 31.2 Å². The van der Waals surface area contributed by atoms with Crippen LogP contribution in [0.3, 0.4) is 0 Å². The Balaban J connectivity index is 1.27. The minimum absolute atomic E-state index is 0.000767. The second-order valence-corrected chi connectivity index (χ2v) is 11.6. The standard InChI is InChI=1S/C24H25F3N4O5S/c1-2-13-11-23(13,22(33)31-37(34,35)15-7-8-15)30-21(32)18-9-14(12-28-18)36-19-10-20(24(25,26)27)29-17-6-4-3-5-16(17)19/h2-6,10,13-15,18,28H,1,7-9,11-12H2,(H,30,32)(H,31,33)/t13?,14-,18+,23-/m1/s1. The van der Waals surface area contributed by atoms with E-state index >= 15 is 0 Å². The van der Waals surface area contributed by atoms with Crippen molar-refractivity contribution in [2.75, 3.05) is 6.54 Å². The van der Waals surface area contributed by atoms with Crippen LogP contribution in [0.4, 0.5) is 13.2 Å². The molecule has 1 saturated heterocycles. The van der Waals surface area contributed by atoms with Crippen LogP contribution in [0.1, 0.15) is 31.4 Å². The minimum Gasteiger partial charge on any atom is -0.488 e. The zero-order valence-electron chi connectivity index (χ0n) is 19.5. The van der Waals surface area contributed by atoms with Gasteiger partial charge in [-0.15, -0.1) is 6.58 Å². The number of para-hydroxylation sites is 1. The third kappa shape index (κ3) is 5.01. The maximum Gasteiger partial charge on any atom is 0.433 e. The van der Waals surface area contributed by atoms with Crippen molar-refractivity contribution in [1.82, 2.24) is 20.3 Å². The molecule has 9 nitrogen and oxygen atoms in total. The number of rotatable bonds is 8. The number of nitrogens with zero attached hydrogens (tertiary/aromatic N) is 1. The lowest BCUT2D eigenvalue weighted by molar-refractivity contribution is -0.141. The summed E-state index contributed by atoms with van der Waals surface area (Å²) < 4.78 is 72.5. The average Bonchev–Trinajstić information content (AvgIpc) is 3.76. The van der Waals surface area contributed by atoms with E-state index in [1.54, 1.807) is 18.2 Å². The molecular formula is C24H25F3N4O5S. The number of pyridine rings is 1. The van der Waals surface area contributed by atoms with E-state index in [1.165, 1.54) is 12.1 Å². The monoisotopic (exact) mass is 538 g/mol. The van der Waals surface area contributed by atoms with E-state index < -0.39 is 62.6 Å². The van der Waals surface area contributed by atoms with Crippen LogP contribution in [-0.2, 0) is 25.8 Å². The number of hydrogen-bond donors (Lipinski definition) is 3. The van der Waals surface area contributed by atoms with Crippen LogP contribution in [0.5, 0.6) is 5.75 Å². The molecule has 2 amide bonds. The van der Waals surface area contributed by atoms with Crippen LogP contribution in [0.25, 0.3) is 10.9 Å². The van der Waals surface area contributed by atoms with Crippen LogP contribution in [-0.4, -0.2) is 54.7 Å². The van der Waals surface area contributed by atoms with Crippen LogP contribution < -0.4 is 20.1 Å². The third-order valence-electron chi connectivity index (χ3n) is 6.92. The van der Waals surface area contributed by atoms with Crippen molar-refractivity contribution < 1.29 is 35.9 Å². The molecule has 13 heteroatoms. The van der Waals surface area contributed by atoms with Gasteiger partial charge < -0.3 is 15.4 Å². The molecule has 4 atom stereocenters. The number of alkyl halides is 3. The largest absolute Gasteiger partial charge is 0.488 e. The van der Waals surface area contributed by atoms with Gasteiger partial charge in [0.05, 0.1) is 16.8 Å². The molecular weight excluding hydrogens is 513 g/mol. The van der Waals surface area contributed by atoms with Gasteiger partial charge in [0, 0.05) is 30.3 Å². The summed E-state index contributed by atoms with van der Waals surface area (Å²) in [6.45, 7) is 3.83. The number of benzene rings is 1. The molecule has 37 heavy (non-hydrogen) atoms. The minimum atomic E-state index is -4.66. The number of aromatic nitrogens is 1. The van der Waals surface area contributed by atoms with Crippen molar-refractivity contribution in [3.63, 3.8) is 0 Å². The van der Waals surface area contributed by atoms with Gasteiger partial charge in [0.15, 0.2) is 0 Å². The summed E-state index contributed by atoms with van der Waals surface area (Å²) in [6, 6.07) is 6.34. The summed E-state index contributed by atoms with van der Waals surface area (Å²) in [6.07, 6.45) is -2.49. The number of amides is 2. The van der Waals surface area contributed by atoms with E-state index in [0.29, 0.717) is 18.2 Å². The molecule has 2 aromatic rings. The first-order valence-electron chi connectivity index (χ1n) is 11.8. The zero-order chi connectivity index (χ0) is 26.6. The van der Waals surface area contributed by atoms with Gasteiger partial charge in [-0.05, 0) is 31.4 Å². The van der Waals surface area contributed by atoms with Gasteiger partial charge >= 0.3 is 6.18 Å². The van der Waals surface area contributed by atoms with Gasteiger partial charge in [-0.1, -0.05) is 18.2 Å². The van der Waals surface area contributed by atoms with E-state index in [4.69, 9.17) is 4.74 Å². The Kier molecular flexibility index (Phi) is 6.18. The SMILES string of the molecule is C=CC1C[C@]1(NC(=O)[C@@H]1C[C@@H](Oc2cc(C(F)(F)F)nc3ccccc23)CN1)C(=O)NS(=O)(=O)C1CC1. The Labute approximate surface area is 210 Å². The Morgan fingerprint density at radius 3 is 2.62 bits per heavy atom. The smallest absolute Gasteiger partial charge is 0.433 e. The zero-order valence-corrected chi connectivity index (χ0v) is 20.4. The molecule has 5 rings (SSSR count). The molecule has 2 saturated carbocycles. The number of sulfonamides is 1. The lowest BCUT2D eigenvalue weighted by Crippen LogP contribution is -2.55. The maximum absolute atomic E-state index is 13.4. The second-order valence-electron chi connectivity index (χ2n) is 9.64. The third-order valence-corrected chi connectivity index (χ3v) is 8.74.